The zero-order chi connectivity index (χ0) is 18.8. The van der Waals surface area contributed by atoms with E-state index in [0.717, 1.165) is 27.9 Å². The summed E-state index contributed by atoms with van der Waals surface area (Å²) in [5, 5.41) is 7.03. The Morgan fingerprint density at radius 3 is 2.81 bits per heavy atom. The summed E-state index contributed by atoms with van der Waals surface area (Å²) >= 11 is 3.42. The molecule has 0 bridgehead atoms. The Morgan fingerprint density at radius 2 is 2.04 bits per heavy atom. The van der Waals surface area contributed by atoms with E-state index in [4.69, 9.17) is 9.47 Å². The minimum atomic E-state index is -0.266. The molecule has 0 aromatic heterocycles. The first kappa shape index (κ1) is 19.8. The largest absolute Gasteiger partial charge is 0.495 e. The second-order valence-electron chi connectivity index (χ2n) is 5.38. The number of rotatable bonds is 9. The second-order valence-corrected chi connectivity index (χ2v) is 6.29. The van der Waals surface area contributed by atoms with Gasteiger partial charge in [-0.2, -0.15) is 5.10 Å². The summed E-state index contributed by atoms with van der Waals surface area (Å²) < 4.78 is 11.8. The Balaban J connectivity index is 1.91. The van der Waals surface area contributed by atoms with Gasteiger partial charge in [-0.15, -0.1) is 0 Å². The molecule has 0 aliphatic rings. The molecule has 0 saturated carbocycles. The van der Waals surface area contributed by atoms with Crippen molar-refractivity contribution in [1.29, 1.82) is 0 Å². The number of benzene rings is 2. The van der Waals surface area contributed by atoms with Crippen LogP contribution >= 0.6 is 15.9 Å². The van der Waals surface area contributed by atoms with Crippen LogP contribution in [0.3, 0.4) is 0 Å². The highest BCUT2D eigenvalue weighted by molar-refractivity contribution is 9.10. The van der Waals surface area contributed by atoms with E-state index in [1.165, 1.54) is 0 Å². The van der Waals surface area contributed by atoms with Crippen LogP contribution in [-0.2, 0) is 4.79 Å². The number of anilines is 1. The van der Waals surface area contributed by atoms with Crippen molar-refractivity contribution in [2.75, 3.05) is 25.6 Å². The minimum absolute atomic E-state index is 0.0788. The van der Waals surface area contributed by atoms with E-state index < -0.39 is 0 Å². The summed E-state index contributed by atoms with van der Waals surface area (Å²) in [6.45, 7) is 2.74. The maximum absolute atomic E-state index is 12.0. The van der Waals surface area contributed by atoms with E-state index in [-0.39, 0.29) is 12.5 Å². The number of nitrogens with zero attached hydrogens (tertiary/aromatic N) is 1. The van der Waals surface area contributed by atoms with Crippen LogP contribution in [0, 0.1) is 0 Å². The number of carbonyl (C=O) groups is 1. The standard InChI is InChI=1S/C19H22BrN3O3/c1-3-10-26-17-9-8-15(20)11-14(17)12-22-23-19(24)13-21-16-6-4-5-7-18(16)25-2/h4-9,11-12,21H,3,10,13H2,1-2H3,(H,23,24)/b22-12-. The molecule has 26 heavy (non-hydrogen) atoms. The molecule has 1 amide bonds. The fourth-order valence-electron chi connectivity index (χ4n) is 2.14. The third-order valence-corrected chi connectivity index (χ3v) is 3.87. The predicted molar refractivity (Wildman–Crippen MR) is 107 cm³/mol. The van der Waals surface area contributed by atoms with E-state index in [9.17, 15) is 4.79 Å². The molecule has 2 N–H and O–H groups in total. The van der Waals surface area contributed by atoms with Crippen molar-refractivity contribution in [3.8, 4) is 11.5 Å². The van der Waals surface area contributed by atoms with Gasteiger partial charge < -0.3 is 14.8 Å². The maximum Gasteiger partial charge on any atom is 0.259 e. The summed E-state index contributed by atoms with van der Waals surface area (Å²) in [6.07, 6.45) is 2.48. The zero-order valence-corrected chi connectivity index (χ0v) is 16.4. The summed E-state index contributed by atoms with van der Waals surface area (Å²) in [5.41, 5.74) is 4.03. The number of para-hydroxylation sites is 2. The Kier molecular flexibility index (Phi) is 7.95. The van der Waals surface area contributed by atoms with Crippen molar-refractivity contribution in [2.24, 2.45) is 5.10 Å². The molecule has 0 atom stereocenters. The zero-order valence-electron chi connectivity index (χ0n) is 14.8. The van der Waals surface area contributed by atoms with Gasteiger partial charge in [-0.05, 0) is 36.8 Å². The first-order chi connectivity index (χ1) is 12.6. The van der Waals surface area contributed by atoms with E-state index in [1.54, 1.807) is 13.3 Å². The number of hydrazone groups is 1. The number of ether oxygens (including phenoxy) is 2. The fraction of sp³-hybridized carbons (Fsp3) is 0.263. The molecule has 0 spiro atoms. The van der Waals surface area contributed by atoms with Crippen molar-refractivity contribution < 1.29 is 14.3 Å². The Labute approximate surface area is 161 Å². The number of carbonyl (C=O) groups excluding carboxylic acids is 1. The molecule has 2 aromatic carbocycles. The molecular formula is C19H22BrN3O3. The molecule has 0 radical (unpaired) electrons. The molecule has 2 aromatic rings. The number of hydrogen-bond acceptors (Lipinski definition) is 5. The quantitative estimate of drug-likeness (QED) is 0.478. The van der Waals surface area contributed by atoms with Gasteiger partial charge in [0.25, 0.3) is 5.91 Å². The van der Waals surface area contributed by atoms with E-state index in [2.05, 4.69) is 31.8 Å². The maximum atomic E-state index is 12.0. The van der Waals surface area contributed by atoms with Gasteiger partial charge in [0.05, 0.1) is 32.2 Å². The van der Waals surface area contributed by atoms with Gasteiger partial charge in [-0.1, -0.05) is 35.0 Å². The lowest BCUT2D eigenvalue weighted by atomic mass is 10.2. The average molecular weight is 420 g/mol. The topological polar surface area (TPSA) is 72.0 Å². The lowest BCUT2D eigenvalue weighted by Crippen LogP contribution is -2.26. The minimum Gasteiger partial charge on any atom is -0.495 e. The molecule has 2 rings (SSSR count). The first-order valence-electron chi connectivity index (χ1n) is 8.25. The molecule has 0 fully saturated rings. The lowest BCUT2D eigenvalue weighted by Gasteiger charge is -2.10. The van der Waals surface area contributed by atoms with Crippen molar-refractivity contribution >= 4 is 33.7 Å². The Morgan fingerprint density at radius 1 is 1.23 bits per heavy atom. The van der Waals surface area contributed by atoms with E-state index in [0.29, 0.717) is 12.4 Å². The summed E-state index contributed by atoms with van der Waals surface area (Å²) in [5.74, 6) is 1.13. The highest BCUT2D eigenvalue weighted by Crippen LogP contribution is 2.23. The van der Waals surface area contributed by atoms with E-state index in [1.807, 2.05) is 49.4 Å². The summed E-state index contributed by atoms with van der Waals surface area (Å²) in [7, 11) is 1.58. The average Bonchev–Trinajstić information content (AvgIpc) is 2.66. The number of hydrogen-bond donors (Lipinski definition) is 2. The van der Waals surface area contributed by atoms with Gasteiger partial charge in [-0.3, -0.25) is 4.79 Å². The number of halogens is 1. The van der Waals surface area contributed by atoms with Crippen LogP contribution in [0.25, 0.3) is 0 Å². The highest BCUT2D eigenvalue weighted by Gasteiger charge is 2.05. The third-order valence-electron chi connectivity index (χ3n) is 3.37. The third kappa shape index (κ3) is 6.07. The lowest BCUT2D eigenvalue weighted by molar-refractivity contribution is -0.119. The van der Waals surface area contributed by atoms with Crippen molar-refractivity contribution in [3.05, 3.63) is 52.5 Å². The molecule has 0 unspecified atom stereocenters. The van der Waals surface area contributed by atoms with Gasteiger partial charge in [0.1, 0.15) is 11.5 Å². The van der Waals surface area contributed by atoms with Crippen molar-refractivity contribution in [2.45, 2.75) is 13.3 Å². The monoisotopic (exact) mass is 419 g/mol. The first-order valence-corrected chi connectivity index (χ1v) is 9.04. The molecular weight excluding hydrogens is 398 g/mol. The molecule has 7 heteroatoms. The normalized spacial score (nSPS) is 10.6. The molecule has 0 aliphatic heterocycles. The van der Waals surface area contributed by atoms with Crippen LogP contribution in [0.4, 0.5) is 5.69 Å². The molecule has 6 nitrogen and oxygen atoms in total. The SMILES string of the molecule is CCCOc1ccc(Br)cc1/C=N\NC(=O)CNc1ccccc1OC. The van der Waals surface area contributed by atoms with Crippen molar-refractivity contribution in [1.82, 2.24) is 5.43 Å². The predicted octanol–water partition coefficient (Wildman–Crippen LogP) is 3.81. The van der Waals surface area contributed by atoms with Crippen LogP contribution in [0.5, 0.6) is 11.5 Å². The van der Waals surface area contributed by atoms with Crippen LogP contribution < -0.4 is 20.2 Å². The molecule has 0 saturated heterocycles. The summed E-state index contributed by atoms with van der Waals surface area (Å²) in [6, 6.07) is 13.0. The van der Waals surface area contributed by atoms with Crippen LogP contribution in [0.2, 0.25) is 0 Å². The second kappa shape index (κ2) is 10.5. The van der Waals surface area contributed by atoms with Gasteiger partial charge in [0.15, 0.2) is 0 Å². The van der Waals surface area contributed by atoms with Gasteiger partial charge in [0, 0.05) is 10.0 Å². The van der Waals surface area contributed by atoms with Crippen LogP contribution in [-0.4, -0.2) is 32.4 Å². The molecule has 138 valence electrons. The number of amides is 1. The highest BCUT2D eigenvalue weighted by atomic mass is 79.9. The Hall–Kier alpha value is -2.54. The van der Waals surface area contributed by atoms with Gasteiger partial charge in [0.2, 0.25) is 0 Å². The van der Waals surface area contributed by atoms with Gasteiger partial charge in [-0.25, -0.2) is 5.43 Å². The van der Waals surface area contributed by atoms with E-state index >= 15 is 0 Å². The van der Waals surface area contributed by atoms with Crippen molar-refractivity contribution in [3.63, 3.8) is 0 Å². The number of methoxy groups -OCH3 is 1. The van der Waals surface area contributed by atoms with Crippen LogP contribution in [0.1, 0.15) is 18.9 Å². The smallest absolute Gasteiger partial charge is 0.259 e. The molecule has 0 heterocycles. The summed E-state index contributed by atoms with van der Waals surface area (Å²) in [4.78, 5) is 12.0. The molecule has 0 aliphatic carbocycles. The fourth-order valence-corrected chi connectivity index (χ4v) is 2.52. The van der Waals surface area contributed by atoms with Gasteiger partial charge >= 0.3 is 0 Å². The number of nitrogens with one attached hydrogen (secondary N) is 2. The Bertz CT molecular complexity index is 765. The van der Waals surface area contributed by atoms with Crippen LogP contribution in [0.15, 0.2) is 52.0 Å².